The lowest BCUT2D eigenvalue weighted by Crippen LogP contribution is -2.39. The summed E-state index contributed by atoms with van der Waals surface area (Å²) in [5.41, 5.74) is 1.62. The third-order valence-electron chi connectivity index (χ3n) is 4.18. The molecule has 1 unspecified atom stereocenters. The predicted molar refractivity (Wildman–Crippen MR) is 96.3 cm³/mol. The van der Waals surface area contributed by atoms with Crippen LogP contribution in [0.25, 0.3) is 0 Å². The molecule has 1 atom stereocenters. The number of hydrogen-bond donors (Lipinski definition) is 1. The highest BCUT2D eigenvalue weighted by molar-refractivity contribution is 5.97. The van der Waals surface area contributed by atoms with E-state index in [0.29, 0.717) is 18.5 Å². The molecule has 132 valence electrons. The van der Waals surface area contributed by atoms with Crippen LogP contribution >= 0.6 is 0 Å². The topological polar surface area (TPSA) is 66.8 Å². The number of benzene rings is 2. The first kappa shape index (κ1) is 18.5. The molecule has 25 heavy (non-hydrogen) atoms. The Labute approximate surface area is 147 Å². The number of carboxylic acid groups (broad SMARTS) is 1. The van der Waals surface area contributed by atoms with Gasteiger partial charge in [-0.05, 0) is 56.2 Å². The fraction of sp³-hybridized carbons (Fsp3) is 0.300. The van der Waals surface area contributed by atoms with E-state index < -0.39 is 5.97 Å². The maximum absolute atomic E-state index is 12.8. The number of amides is 1. The lowest BCUT2D eigenvalue weighted by Gasteiger charge is -2.28. The molecule has 1 N–H and O–H groups in total. The molecule has 5 heteroatoms. The standard InChI is InChI=1S/C20H23NO4/c1-4-21(14(2)12-15-8-10-18(25-3)11-9-15)19(22)16-6-5-7-17(13-16)20(23)24/h5-11,13-14H,4,12H2,1-3H3,(H,23,24). The zero-order valence-corrected chi connectivity index (χ0v) is 14.7. The summed E-state index contributed by atoms with van der Waals surface area (Å²) in [4.78, 5) is 25.7. The van der Waals surface area contributed by atoms with E-state index in [1.54, 1.807) is 24.1 Å². The van der Waals surface area contributed by atoms with Crippen LogP contribution < -0.4 is 4.74 Å². The number of aromatic carboxylic acids is 1. The average Bonchev–Trinajstić information content (AvgIpc) is 2.63. The van der Waals surface area contributed by atoms with E-state index >= 15 is 0 Å². The zero-order chi connectivity index (χ0) is 18.4. The number of likely N-dealkylation sites (N-methyl/N-ethyl adjacent to an activating group) is 1. The maximum atomic E-state index is 12.8. The van der Waals surface area contributed by atoms with Gasteiger partial charge in [-0.1, -0.05) is 18.2 Å². The number of rotatable bonds is 7. The molecule has 5 nitrogen and oxygen atoms in total. The Balaban J connectivity index is 2.15. The molecule has 0 aliphatic rings. The van der Waals surface area contributed by atoms with E-state index in [4.69, 9.17) is 9.84 Å². The molecular formula is C20H23NO4. The summed E-state index contributed by atoms with van der Waals surface area (Å²) in [5.74, 6) is -0.402. The number of carboxylic acids is 1. The highest BCUT2D eigenvalue weighted by Gasteiger charge is 2.21. The van der Waals surface area contributed by atoms with E-state index in [2.05, 4.69) is 0 Å². The molecule has 2 rings (SSSR count). The van der Waals surface area contributed by atoms with Crippen molar-refractivity contribution in [3.63, 3.8) is 0 Å². The summed E-state index contributed by atoms with van der Waals surface area (Å²) in [6.07, 6.45) is 0.711. The lowest BCUT2D eigenvalue weighted by atomic mass is 10.0. The molecule has 0 aliphatic carbocycles. The van der Waals surface area contributed by atoms with Gasteiger partial charge in [0.15, 0.2) is 0 Å². The number of hydrogen-bond acceptors (Lipinski definition) is 3. The van der Waals surface area contributed by atoms with Crippen LogP contribution in [0, 0.1) is 0 Å². The Hall–Kier alpha value is -2.82. The fourth-order valence-electron chi connectivity index (χ4n) is 2.82. The van der Waals surface area contributed by atoms with Crippen molar-refractivity contribution in [2.75, 3.05) is 13.7 Å². The first-order valence-corrected chi connectivity index (χ1v) is 8.23. The van der Waals surface area contributed by atoms with Crippen molar-refractivity contribution in [2.45, 2.75) is 26.3 Å². The quantitative estimate of drug-likeness (QED) is 0.837. The van der Waals surface area contributed by atoms with Gasteiger partial charge in [-0.25, -0.2) is 4.79 Å². The first-order chi connectivity index (χ1) is 12.0. The Bertz CT molecular complexity index is 740. The number of nitrogens with zero attached hydrogens (tertiary/aromatic N) is 1. The minimum atomic E-state index is -1.04. The molecular weight excluding hydrogens is 318 g/mol. The van der Waals surface area contributed by atoms with Crippen molar-refractivity contribution in [3.05, 3.63) is 65.2 Å². The molecule has 2 aromatic rings. The monoisotopic (exact) mass is 341 g/mol. The second kappa shape index (κ2) is 8.33. The highest BCUT2D eigenvalue weighted by Crippen LogP contribution is 2.17. The van der Waals surface area contributed by atoms with Gasteiger partial charge in [-0.15, -0.1) is 0 Å². The minimum absolute atomic E-state index is 0.0145. The molecule has 0 aliphatic heterocycles. The smallest absolute Gasteiger partial charge is 0.335 e. The largest absolute Gasteiger partial charge is 0.497 e. The average molecular weight is 341 g/mol. The van der Waals surface area contributed by atoms with Gasteiger partial charge < -0.3 is 14.7 Å². The molecule has 0 saturated heterocycles. The number of carbonyl (C=O) groups excluding carboxylic acids is 1. The summed E-state index contributed by atoms with van der Waals surface area (Å²) in [6, 6.07) is 13.9. The van der Waals surface area contributed by atoms with E-state index in [1.165, 1.54) is 12.1 Å². The van der Waals surface area contributed by atoms with Crippen LogP contribution in [0.5, 0.6) is 5.75 Å². The Morgan fingerprint density at radius 3 is 2.32 bits per heavy atom. The lowest BCUT2D eigenvalue weighted by molar-refractivity contribution is 0.0697. The molecule has 0 aromatic heterocycles. The van der Waals surface area contributed by atoms with Gasteiger partial charge in [-0.2, -0.15) is 0 Å². The summed E-state index contributed by atoms with van der Waals surface area (Å²) in [7, 11) is 1.63. The minimum Gasteiger partial charge on any atom is -0.497 e. The third kappa shape index (κ3) is 4.59. The molecule has 0 heterocycles. The van der Waals surface area contributed by atoms with Gasteiger partial charge in [0, 0.05) is 18.2 Å². The van der Waals surface area contributed by atoms with Crippen molar-refractivity contribution in [3.8, 4) is 5.75 Å². The van der Waals surface area contributed by atoms with Crippen LogP contribution in [-0.4, -0.2) is 41.6 Å². The molecule has 0 spiro atoms. The predicted octanol–water partition coefficient (Wildman–Crippen LogP) is 3.49. The number of ether oxygens (including phenoxy) is 1. The van der Waals surface area contributed by atoms with Gasteiger partial charge >= 0.3 is 5.97 Å². The van der Waals surface area contributed by atoms with E-state index in [0.717, 1.165) is 11.3 Å². The van der Waals surface area contributed by atoms with Crippen molar-refractivity contribution in [1.82, 2.24) is 4.90 Å². The van der Waals surface area contributed by atoms with Gasteiger partial charge in [0.2, 0.25) is 0 Å². The third-order valence-corrected chi connectivity index (χ3v) is 4.18. The van der Waals surface area contributed by atoms with Gasteiger partial charge in [0.25, 0.3) is 5.91 Å². The van der Waals surface area contributed by atoms with Crippen LogP contribution in [0.4, 0.5) is 0 Å². The number of carbonyl (C=O) groups is 2. The molecule has 1 amide bonds. The van der Waals surface area contributed by atoms with Crippen molar-refractivity contribution in [2.24, 2.45) is 0 Å². The second-order valence-corrected chi connectivity index (χ2v) is 5.88. The van der Waals surface area contributed by atoms with E-state index in [1.807, 2.05) is 38.1 Å². The molecule has 0 bridgehead atoms. The number of methoxy groups -OCH3 is 1. The summed E-state index contributed by atoms with van der Waals surface area (Å²) in [5, 5.41) is 9.10. The van der Waals surface area contributed by atoms with Crippen molar-refractivity contribution < 1.29 is 19.4 Å². The summed E-state index contributed by atoms with van der Waals surface area (Å²) >= 11 is 0. The van der Waals surface area contributed by atoms with E-state index in [-0.39, 0.29) is 17.5 Å². The Morgan fingerprint density at radius 1 is 1.12 bits per heavy atom. The van der Waals surface area contributed by atoms with Crippen molar-refractivity contribution in [1.29, 1.82) is 0 Å². The van der Waals surface area contributed by atoms with Gasteiger partial charge in [0.1, 0.15) is 5.75 Å². The molecule has 2 aromatic carbocycles. The Kier molecular flexibility index (Phi) is 6.17. The highest BCUT2D eigenvalue weighted by atomic mass is 16.5. The molecule has 0 saturated carbocycles. The SMILES string of the molecule is CCN(C(=O)c1cccc(C(=O)O)c1)C(C)Cc1ccc(OC)cc1. The Morgan fingerprint density at radius 2 is 1.76 bits per heavy atom. The van der Waals surface area contributed by atoms with Crippen LogP contribution in [0.1, 0.15) is 40.1 Å². The normalized spacial score (nSPS) is 11.6. The van der Waals surface area contributed by atoms with Crippen LogP contribution in [0.15, 0.2) is 48.5 Å². The van der Waals surface area contributed by atoms with Crippen LogP contribution in [0.2, 0.25) is 0 Å². The van der Waals surface area contributed by atoms with Gasteiger partial charge in [0.05, 0.1) is 12.7 Å². The molecule has 0 fully saturated rings. The van der Waals surface area contributed by atoms with E-state index in [9.17, 15) is 9.59 Å². The van der Waals surface area contributed by atoms with Crippen LogP contribution in [0.3, 0.4) is 0 Å². The maximum Gasteiger partial charge on any atom is 0.335 e. The zero-order valence-electron chi connectivity index (χ0n) is 14.7. The van der Waals surface area contributed by atoms with Crippen molar-refractivity contribution >= 4 is 11.9 Å². The fourth-order valence-corrected chi connectivity index (χ4v) is 2.82. The molecule has 0 radical (unpaired) electrons. The first-order valence-electron chi connectivity index (χ1n) is 8.23. The van der Waals surface area contributed by atoms with Crippen LogP contribution in [-0.2, 0) is 6.42 Å². The summed E-state index contributed by atoms with van der Waals surface area (Å²) < 4.78 is 5.16. The van der Waals surface area contributed by atoms with Gasteiger partial charge in [-0.3, -0.25) is 4.79 Å². The summed E-state index contributed by atoms with van der Waals surface area (Å²) in [6.45, 7) is 4.46. The second-order valence-electron chi connectivity index (χ2n) is 5.88.